The van der Waals surface area contributed by atoms with Gasteiger partial charge in [0.05, 0.1) is 12.5 Å². The van der Waals surface area contributed by atoms with Crippen molar-refractivity contribution in [3.63, 3.8) is 0 Å². The van der Waals surface area contributed by atoms with Crippen LogP contribution in [-0.2, 0) is 4.74 Å². The summed E-state index contributed by atoms with van der Waals surface area (Å²) in [6, 6.07) is 4.43. The van der Waals surface area contributed by atoms with Gasteiger partial charge >= 0.3 is 0 Å². The summed E-state index contributed by atoms with van der Waals surface area (Å²) < 4.78 is 23.7. The van der Waals surface area contributed by atoms with Gasteiger partial charge in [-0.3, -0.25) is 0 Å². The topological polar surface area (TPSA) is 56.8 Å². The number of nitrogens with zero attached hydrogens (tertiary/aromatic N) is 1. The van der Waals surface area contributed by atoms with Crippen molar-refractivity contribution in [1.29, 1.82) is 0 Å². The zero-order valence-corrected chi connectivity index (χ0v) is 10.2. The Balaban J connectivity index is 2.92. The van der Waals surface area contributed by atoms with Crippen LogP contribution in [0.4, 0.5) is 10.1 Å². The van der Waals surface area contributed by atoms with Crippen molar-refractivity contribution in [3.05, 3.63) is 24.0 Å². The zero-order valence-electron chi connectivity index (χ0n) is 9.45. The van der Waals surface area contributed by atoms with E-state index in [9.17, 15) is 4.39 Å². The minimum Gasteiger partial charge on any atom is -0.489 e. The molecule has 1 aromatic carbocycles. The average molecular weight is 261 g/mol. The lowest BCUT2D eigenvalue weighted by Crippen LogP contribution is -2.13. The molecule has 0 fully saturated rings. The van der Waals surface area contributed by atoms with Crippen molar-refractivity contribution in [2.45, 2.75) is 0 Å². The van der Waals surface area contributed by atoms with Gasteiger partial charge in [0.15, 0.2) is 5.82 Å². The molecular formula is C11H14ClFN2O2. The second kappa shape index (κ2) is 7.09. The molecule has 0 unspecified atom stereocenters. The van der Waals surface area contributed by atoms with E-state index < -0.39 is 5.82 Å². The van der Waals surface area contributed by atoms with E-state index in [2.05, 4.69) is 4.99 Å². The fourth-order valence-electron chi connectivity index (χ4n) is 1.13. The Morgan fingerprint density at radius 2 is 2.24 bits per heavy atom. The number of nitrogens with two attached hydrogens (primary N) is 1. The van der Waals surface area contributed by atoms with E-state index in [0.717, 1.165) is 0 Å². The second-order valence-corrected chi connectivity index (χ2v) is 3.43. The van der Waals surface area contributed by atoms with E-state index in [1.54, 1.807) is 13.2 Å². The summed E-state index contributed by atoms with van der Waals surface area (Å²) >= 11 is 5.49. The fraction of sp³-hybridized carbons (Fsp3) is 0.364. The van der Waals surface area contributed by atoms with Crippen LogP contribution in [0.3, 0.4) is 0 Å². The molecule has 1 rings (SSSR count). The Morgan fingerprint density at radius 1 is 1.47 bits per heavy atom. The van der Waals surface area contributed by atoms with E-state index in [4.69, 9.17) is 26.8 Å². The van der Waals surface area contributed by atoms with Gasteiger partial charge in [-0.25, -0.2) is 9.38 Å². The van der Waals surface area contributed by atoms with Gasteiger partial charge < -0.3 is 15.2 Å². The number of para-hydroxylation sites is 1. The highest BCUT2D eigenvalue weighted by atomic mass is 35.5. The summed E-state index contributed by atoms with van der Waals surface area (Å²) in [6.07, 6.45) is 0. The number of methoxy groups -OCH3 is 1. The number of rotatable bonds is 6. The predicted molar refractivity (Wildman–Crippen MR) is 65.8 cm³/mol. The first-order valence-electron chi connectivity index (χ1n) is 4.98. The number of alkyl halides is 1. The Labute approximate surface area is 104 Å². The number of ether oxygens (including phenoxy) is 2. The van der Waals surface area contributed by atoms with Crippen LogP contribution in [-0.4, -0.2) is 32.0 Å². The Kier molecular flexibility index (Phi) is 5.72. The van der Waals surface area contributed by atoms with Crippen LogP contribution in [0.2, 0.25) is 0 Å². The first-order chi connectivity index (χ1) is 8.19. The minimum atomic E-state index is -0.506. The largest absolute Gasteiger partial charge is 0.489 e. The number of hydrogen-bond acceptors (Lipinski definition) is 3. The third-order valence-corrected chi connectivity index (χ3v) is 2.16. The quantitative estimate of drug-likeness (QED) is 0.369. The highest BCUT2D eigenvalue weighted by molar-refractivity contribution is 6.28. The van der Waals surface area contributed by atoms with E-state index >= 15 is 0 Å². The molecule has 0 atom stereocenters. The number of hydrogen-bond donors (Lipinski definition) is 1. The standard InChI is InChI=1S/C11H14ClFN2O2/c1-16-5-6-17-9-4-2-3-8(13)11(9)15-10(14)7-12/h2-4H,5-7H2,1H3,(H2,14,15). The third kappa shape index (κ3) is 4.20. The van der Waals surface area contributed by atoms with Crippen LogP contribution in [0, 0.1) is 5.82 Å². The summed E-state index contributed by atoms with van der Waals surface area (Å²) in [7, 11) is 1.56. The number of aliphatic imine (C=N–C) groups is 1. The van der Waals surface area contributed by atoms with Crippen molar-refractivity contribution < 1.29 is 13.9 Å². The van der Waals surface area contributed by atoms with Gasteiger partial charge in [-0.1, -0.05) is 6.07 Å². The molecule has 2 N–H and O–H groups in total. The average Bonchev–Trinajstić information content (AvgIpc) is 2.33. The maximum atomic E-state index is 13.5. The van der Waals surface area contributed by atoms with Gasteiger partial charge in [0, 0.05) is 7.11 Å². The molecule has 0 aliphatic carbocycles. The van der Waals surface area contributed by atoms with Gasteiger partial charge in [-0.15, -0.1) is 11.6 Å². The molecule has 0 amide bonds. The minimum absolute atomic E-state index is 0.0336. The summed E-state index contributed by atoms with van der Waals surface area (Å²) in [5.41, 5.74) is 5.53. The lowest BCUT2D eigenvalue weighted by molar-refractivity contribution is 0.146. The molecule has 1 aromatic rings. The Hall–Kier alpha value is -1.33. The number of benzene rings is 1. The lowest BCUT2D eigenvalue weighted by Gasteiger charge is -2.09. The summed E-state index contributed by atoms with van der Waals surface area (Å²) in [4.78, 5) is 3.88. The smallest absolute Gasteiger partial charge is 0.152 e. The molecule has 94 valence electrons. The molecule has 0 aliphatic heterocycles. The van der Waals surface area contributed by atoms with Gasteiger partial charge in [0.1, 0.15) is 23.9 Å². The van der Waals surface area contributed by atoms with E-state index in [1.165, 1.54) is 12.1 Å². The number of amidine groups is 1. The van der Waals surface area contributed by atoms with Gasteiger partial charge in [-0.2, -0.15) is 0 Å². The van der Waals surface area contributed by atoms with E-state index in [1.807, 2.05) is 0 Å². The van der Waals surface area contributed by atoms with Gasteiger partial charge in [-0.05, 0) is 12.1 Å². The van der Waals surface area contributed by atoms with Crippen LogP contribution in [0.5, 0.6) is 5.75 Å². The van der Waals surface area contributed by atoms with Crippen LogP contribution >= 0.6 is 11.6 Å². The van der Waals surface area contributed by atoms with Gasteiger partial charge in [0.2, 0.25) is 0 Å². The molecule has 6 heteroatoms. The molecule has 4 nitrogen and oxygen atoms in total. The monoisotopic (exact) mass is 260 g/mol. The van der Waals surface area contributed by atoms with Crippen molar-refractivity contribution in [1.82, 2.24) is 0 Å². The Morgan fingerprint density at radius 3 is 2.88 bits per heavy atom. The molecule has 0 saturated heterocycles. The molecule has 0 aliphatic rings. The summed E-state index contributed by atoms with van der Waals surface area (Å²) in [6.45, 7) is 0.716. The maximum absolute atomic E-state index is 13.5. The molecule has 0 bridgehead atoms. The lowest BCUT2D eigenvalue weighted by atomic mass is 10.3. The first kappa shape index (κ1) is 13.7. The van der Waals surface area contributed by atoms with Gasteiger partial charge in [0.25, 0.3) is 0 Å². The highest BCUT2D eigenvalue weighted by Gasteiger charge is 2.09. The molecular weight excluding hydrogens is 247 g/mol. The fourth-order valence-corrected chi connectivity index (χ4v) is 1.19. The van der Waals surface area contributed by atoms with Crippen molar-refractivity contribution in [3.8, 4) is 5.75 Å². The third-order valence-electron chi connectivity index (χ3n) is 1.89. The van der Waals surface area contributed by atoms with Crippen LogP contribution in [0.25, 0.3) is 0 Å². The molecule has 0 heterocycles. The normalized spacial score (nSPS) is 11.6. The van der Waals surface area contributed by atoms with E-state index in [-0.39, 0.29) is 17.4 Å². The van der Waals surface area contributed by atoms with E-state index in [0.29, 0.717) is 19.0 Å². The molecule has 0 radical (unpaired) electrons. The summed E-state index contributed by atoms with van der Waals surface area (Å²) in [5.74, 6) is -0.0253. The molecule has 0 spiro atoms. The van der Waals surface area contributed by atoms with Crippen LogP contribution < -0.4 is 10.5 Å². The molecule has 17 heavy (non-hydrogen) atoms. The Bertz CT molecular complexity index is 399. The number of halogens is 2. The SMILES string of the molecule is COCCOc1cccc(F)c1N=C(N)CCl. The van der Waals surface area contributed by atoms with Crippen molar-refractivity contribution in [2.75, 3.05) is 26.2 Å². The van der Waals surface area contributed by atoms with Crippen LogP contribution in [0.1, 0.15) is 0 Å². The van der Waals surface area contributed by atoms with Crippen molar-refractivity contribution in [2.24, 2.45) is 10.7 Å². The van der Waals surface area contributed by atoms with Crippen molar-refractivity contribution >= 4 is 23.1 Å². The highest BCUT2D eigenvalue weighted by Crippen LogP contribution is 2.30. The van der Waals surface area contributed by atoms with Crippen LogP contribution in [0.15, 0.2) is 23.2 Å². The maximum Gasteiger partial charge on any atom is 0.152 e. The second-order valence-electron chi connectivity index (χ2n) is 3.16. The molecule has 0 saturated carbocycles. The first-order valence-corrected chi connectivity index (χ1v) is 5.51. The predicted octanol–water partition coefficient (Wildman–Crippen LogP) is 2.08. The zero-order chi connectivity index (χ0) is 12.7. The summed E-state index contributed by atoms with van der Waals surface area (Å²) in [5, 5.41) is 0. The molecule has 0 aromatic heterocycles.